The van der Waals surface area contributed by atoms with Crippen LogP contribution in [0.25, 0.3) is 0 Å². The Kier molecular flexibility index (Phi) is 3.86. The number of hydrogen-bond donors (Lipinski definition) is 1. The minimum Gasteiger partial charge on any atom is -0.447 e. The van der Waals surface area contributed by atoms with Crippen molar-refractivity contribution in [2.45, 2.75) is 37.6 Å². The summed E-state index contributed by atoms with van der Waals surface area (Å²) < 4.78 is 46.8. The van der Waals surface area contributed by atoms with E-state index in [-0.39, 0.29) is 40.9 Å². The first-order valence-electron chi connectivity index (χ1n) is 9.74. The molecule has 0 aromatic heterocycles. The first kappa shape index (κ1) is 18.6. The largest absolute Gasteiger partial charge is 0.573 e. The lowest BCUT2D eigenvalue weighted by atomic mass is 9.68. The second-order valence-corrected chi connectivity index (χ2v) is 8.76. The normalized spacial score (nSPS) is 35.0. The quantitative estimate of drug-likeness (QED) is 0.832. The summed E-state index contributed by atoms with van der Waals surface area (Å²) in [6, 6.07) is 4.99. The van der Waals surface area contributed by atoms with E-state index in [1.54, 1.807) is 13.0 Å². The topological polar surface area (TPSA) is 67.9 Å². The summed E-state index contributed by atoms with van der Waals surface area (Å²) in [5, 5.41) is 2.79. The maximum atomic E-state index is 12.7. The number of aryl methyl sites for hydroxylation is 1. The number of piperidine rings is 1. The monoisotopic (exact) mass is 410 g/mol. The Morgan fingerprint density at radius 2 is 1.97 bits per heavy atom. The van der Waals surface area contributed by atoms with Gasteiger partial charge in [0.05, 0.1) is 5.54 Å². The van der Waals surface area contributed by atoms with E-state index >= 15 is 0 Å². The van der Waals surface area contributed by atoms with Crippen molar-refractivity contribution in [2.75, 3.05) is 19.7 Å². The molecule has 3 atom stereocenters. The van der Waals surface area contributed by atoms with Gasteiger partial charge in [-0.1, -0.05) is 12.1 Å². The lowest BCUT2D eigenvalue weighted by molar-refractivity contribution is -0.274. The highest BCUT2D eigenvalue weighted by atomic mass is 19.4. The van der Waals surface area contributed by atoms with Gasteiger partial charge in [-0.2, -0.15) is 0 Å². The van der Waals surface area contributed by atoms with Gasteiger partial charge in [-0.25, -0.2) is 4.79 Å². The van der Waals surface area contributed by atoms with Gasteiger partial charge in [0.25, 0.3) is 0 Å². The van der Waals surface area contributed by atoms with E-state index in [9.17, 15) is 22.8 Å². The molecule has 2 aliphatic carbocycles. The third-order valence-electron chi connectivity index (χ3n) is 6.80. The second kappa shape index (κ2) is 6.03. The van der Waals surface area contributed by atoms with Crippen LogP contribution in [0.4, 0.5) is 18.0 Å². The second-order valence-electron chi connectivity index (χ2n) is 8.76. The van der Waals surface area contributed by atoms with Gasteiger partial charge in [0.2, 0.25) is 5.91 Å². The molecular weight excluding hydrogens is 389 g/mol. The molecule has 2 saturated heterocycles. The number of carbonyl (C=O) groups excluding carboxylic acids is 2. The Balaban J connectivity index is 1.18. The molecule has 2 aliphatic heterocycles. The lowest BCUT2D eigenvalue weighted by Crippen LogP contribution is -2.58. The number of halogens is 3. The van der Waals surface area contributed by atoms with E-state index < -0.39 is 12.5 Å². The maximum absolute atomic E-state index is 12.7. The van der Waals surface area contributed by atoms with Crippen molar-refractivity contribution in [3.8, 4) is 5.75 Å². The molecule has 2 heterocycles. The Bertz CT molecular complexity index is 869. The molecule has 0 radical (unpaired) electrons. The van der Waals surface area contributed by atoms with Gasteiger partial charge in [-0.3, -0.25) is 4.79 Å². The Hall–Kier alpha value is -2.45. The van der Waals surface area contributed by atoms with Gasteiger partial charge in [-0.15, -0.1) is 13.2 Å². The number of alkyl carbamates (subject to hydrolysis) is 1. The molecule has 5 rings (SSSR count). The average molecular weight is 410 g/mol. The Labute approximate surface area is 165 Å². The van der Waals surface area contributed by atoms with Crippen LogP contribution in [0.15, 0.2) is 18.2 Å². The van der Waals surface area contributed by atoms with E-state index in [4.69, 9.17) is 4.74 Å². The molecule has 0 bridgehead atoms. The molecule has 0 unspecified atom stereocenters. The zero-order valence-electron chi connectivity index (χ0n) is 15.8. The van der Waals surface area contributed by atoms with Crippen LogP contribution < -0.4 is 10.1 Å². The molecule has 4 fully saturated rings. The van der Waals surface area contributed by atoms with E-state index in [0.717, 1.165) is 5.56 Å². The zero-order chi connectivity index (χ0) is 20.6. The third-order valence-corrected chi connectivity index (χ3v) is 6.80. The zero-order valence-corrected chi connectivity index (χ0v) is 15.8. The first-order valence-corrected chi connectivity index (χ1v) is 9.74. The number of cyclic esters (lactones) is 1. The first-order chi connectivity index (χ1) is 13.6. The van der Waals surface area contributed by atoms with Crippen LogP contribution in [-0.4, -0.2) is 48.5 Å². The predicted octanol–water partition coefficient (Wildman–Crippen LogP) is 2.95. The van der Waals surface area contributed by atoms with Crippen molar-refractivity contribution < 1.29 is 32.2 Å². The highest BCUT2D eigenvalue weighted by Gasteiger charge is 2.59. The minimum atomic E-state index is -4.71. The van der Waals surface area contributed by atoms with Crippen LogP contribution >= 0.6 is 0 Å². The van der Waals surface area contributed by atoms with Crippen LogP contribution in [0.5, 0.6) is 5.75 Å². The molecule has 156 valence electrons. The van der Waals surface area contributed by atoms with E-state index in [0.29, 0.717) is 38.1 Å². The number of nitrogens with zero attached hydrogens (tertiary/aromatic N) is 1. The van der Waals surface area contributed by atoms with Gasteiger partial charge < -0.3 is 19.7 Å². The van der Waals surface area contributed by atoms with Crippen LogP contribution in [0.1, 0.15) is 29.9 Å². The number of fused-ring (bicyclic) bond motifs is 1. The van der Waals surface area contributed by atoms with E-state index in [1.807, 2.05) is 11.0 Å². The number of amides is 2. The smallest absolute Gasteiger partial charge is 0.447 e. The number of benzene rings is 1. The van der Waals surface area contributed by atoms with Gasteiger partial charge in [0.15, 0.2) is 0 Å². The van der Waals surface area contributed by atoms with Crippen LogP contribution in [0.3, 0.4) is 0 Å². The van der Waals surface area contributed by atoms with E-state index in [2.05, 4.69) is 10.1 Å². The van der Waals surface area contributed by atoms with Crippen LogP contribution in [0.2, 0.25) is 0 Å². The van der Waals surface area contributed by atoms with Crippen molar-refractivity contribution in [3.05, 3.63) is 29.3 Å². The minimum absolute atomic E-state index is 0.0980. The van der Waals surface area contributed by atoms with Gasteiger partial charge >= 0.3 is 12.5 Å². The fourth-order valence-electron chi connectivity index (χ4n) is 5.29. The highest BCUT2D eigenvalue weighted by molar-refractivity contribution is 5.82. The van der Waals surface area contributed by atoms with Gasteiger partial charge in [-0.05, 0) is 54.7 Å². The number of carbonyl (C=O) groups is 2. The number of rotatable bonds is 3. The van der Waals surface area contributed by atoms with Crippen molar-refractivity contribution in [2.24, 2.45) is 17.8 Å². The number of nitrogens with one attached hydrogen (secondary N) is 1. The van der Waals surface area contributed by atoms with Crippen molar-refractivity contribution in [1.29, 1.82) is 0 Å². The maximum Gasteiger partial charge on any atom is 0.573 e. The summed E-state index contributed by atoms with van der Waals surface area (Å²) in [7, 11) is 0. The summed E-state index contributed by atoms with van der Waals surface area (Å²) in [4.78, 5) is 25.8. The Morgan fingerprint density at radius 1 is 1.28 bits per heavy atom. The SMILES string of the molecule is Cc1ccc([C@H]2[C@@H]3CN(C(=O)C4CC5(COC(=O)N5)C4)C[C@@H]32)cc1OC(F)(F)F. The molecule has 4 aliphatic rings. The fraction of sp³-hybridized carbons (Fsp3) is 0.600. The molecular formula is C20H21F3N2O4. The van der Waals surface area contributed by atoms with Crippen LogP contribution in [-0.2, 0) is 9.53 Å². The molecule has 9 heteroatoms. The molecule has 2 saturated carbocycles. The molecule has 1 spiro atoms. The molecule has 1 aromatic rings. The Morgan fingerprint density at radius 3 is 2.55 bits per heavy atom. The molecule has 1 aromatic carbocycles. The van der Waals surface area contributed by atoms with Crippen molar-refractivity contribution >= 4 is 12.0 Å². The molecule has 1 N–H and O–H groups in total. The summed E-state index contributed by atoms with van der Waals surface area (Å²) in [6.07, 6.45) is -3.94. The summed E-state index contributed by atoms with van der Waals surface area (Å²) in [5.41, 5.74) is 0.903. The summed E-state index contributed by atoms with van der Waals surface area (Å²) in [5.74, 6) is 0.582. The molecule has 2 amide bonds. The third kappa shape index (κ3) is 3.20. The predicted molar refractivity (Wildman–Crippen MR) is 94.1 cm³/mol. The molecule has 29 heavy (non-hydrogen) atoms. The lowest BCUT2D eigenvalue weighted by Gasteiger charge is -2.43. The van der Waals surface area contributed by atoms with Crippen molar-refractivity contribution in [1.82, 2.24) is 10.2 Å². The fourth-order valence-corrected chi connectivity index (χ4v) is 5.29. The van der Waals surface area contributed by atoms with E-state index in [1.165, 1.54) is 6.07 Å². The molecule has 6 nitrogen and oxygen atoms in total. The number of likely N-dealkylation sites (tertiary alicyclic amines) is 1. The number of ether oxygens (including phenoxy) is 2. The standard InChI is InChI=1S/C20H21F3N2O4/c1-10-2-3-11(4-15(10)29-20(21,22)23)16-13-7-25(8-14(13)16)17(26)12-5-19(6-12)9-28-18(27)24-19/h2-4,12-14,16H,5-9H2,1H3,(H,24,27)/t12?,13-,14+,16+,19?. The number of alkyl halides is 3. The van der Waals surface area contributed by atoms with Crippen molar-refractivity contribution in [3.63, 3.8) is 0 Å². The van der Waals surface area contributed by atoms with Crippen LogP contribution in [0, 0.1) is 24.7 Å². The number of hydrogen-bond acceptors (Lipinski definition) is 4. The summed E-state index contributed by atoms with van der Waals surface area (Å²) in [6.45, 7) is 3.16. The van der Waals surface area contributed by atoms with Gasteiger partial charge in [0.1, 0.15) is 12.4 Å². The van der Waals surface area contributed by atoms with Gasteiger partial charge in [0, 0.05) is 19.0 Å². The average Bonchev–Trinajstić information content (AvgIpc) is 2.94. The summed E-state index contributed by atoms with van der Waals surface area (Å²) >= 11 is 0. The highest BCUT2D eigenvalue weighted by Crippen LogP contribution is 2.59.